The molecule has 2 N–H and O–H groups in total. The summed E-state index contributed by atoms with van der Waals surface area (Å²) in [5, 5.41) is 23.7. The van der Waals surface area contributed by atoms with Crippen LogP contribution in [0.25, 0.3) is 22.5 Å². The molecule has 0 saturated heterocycles. The molecule has 3 aromatic rings. The average molecular weight is 408 g/mol. The number of benzene rings is 2. The zero-order valence-electron chi connectivity index (χ0n) is 17.6. The van der Waals surface area contributed by atoms with Crippen molar-refractivity contribution in [2.45, 2.75) is 52.1 Å². The monoisotopic (exact) mass is 407 g/mol. The molecular formula is C23H29N5O2. The van der Waals surface area contributed by atoms with Gasteiger partial charge in [-0.25, -0.2) is 0 Å². The standard InChI is InChI=1S/C23H29N5O2/c1-3-4-9-22(30)28(17(2)14-15-29)16-18-10-12-19(13-11-18)20-7-5-6-8-21(20)23-24-26-27-25-23/h5-8,10-13,17,29H,3-4,9,14-16H2,1-2H3,(H,24,25,26,27). The minimum absolute atomic E-state index is 0.00185. The van der Waals surface area contributed by atoms with Crippen molar-refractivity contribution in [3.05, 3.63) is 54.1 Å². The van der Waals surface area contributed by atoms with E-state index in [4.69, 9.17) is 0 Å². The predicted molar refractivity (Wildman–Crippen MR) is 116 cm³/mol. The van der Waals surface area contributed by atoms with E-state index >= 15 is 0 Å². The highest BCUT2D eigenvalue weighted by Gasteiger charge is 2.20. The molecule has 0 saturated carbocycles. The second-order valence-electron chi connectivity index (χ2n) is 7.46. The van der Waals surface area contributed by atoms with E-state index in [1.807, 2.05) is 48.2 Å². The Kier molecular flexibility index (Phi) is 7.68. The molecule has 1 atom stereocenters. The van der Waals surface area contributed by atoms with Crippen LogP contribution in [0.2, 0.25) is 0 Å². The van der Waals surface area contributed by atoms with Crippen molar-refractivity contribution >= 4 is 5.91 Å². The second kappa shape index (κ2) is 10.6. The van der Waals surface area contributed by atoms with E-state index in [1.54, 1.807) is 0 Å². The van der Waals surface area contributed by atoms with Crippen molar-refractivity contribution < 1.29 is 9.90 Å². The fourth-order valence-corrected chi connectivity index (χ4v) is 3.50. The second-order valence-corrected chi connectivity index (χ2v) is 7.46. The number of rotatable bonds is 10. The van der Waals surface area contributed by atoms with Crippen molar-refractivity contribution in [3.63, 3.8) is 0 Å². The van der Waals surface area contributed by atoms with E-state index < -0.39 is 0 Å². The fraction of sp³-hybridized carbons (Fsp3) is 0.391. The fourth-order valence-electron chi connectivity index (χ4n) is 3.50. The van der Waals surface area contributed by atoms with Gasteiger partial charge >= 0.3 is 0 Å². The number of nitrogens with one attached hydrogen (secondary N) is 1. The summed E-state index contributed by atoms with van der Waals surface area (Å²) in [6.07, 6.45) is 2.99. The summed E-state index contributed by atoms with van der Waals surface area (Å²) < 4.78 is 0. The minimum atomic E-state index is -0.00185. The van der Waals surface area contributed by atoms with Crippen molar-refractivity contribution in [2.24, 2.45) is 0 Å². The van der Waals surface area contributed by atoms with Gasteiger partial charge in [0.15, 0.2) is 0 Å². The lowest BCUT2D eigenvalue weighted by Crippen LogP contribution is -2.38. The quantitative estimate of drug-likeness (QED) is 0.533. The van der Waals surface area contributed by atoms with Crippen LogP contribution in [0.5, 0.6) is 0 Å². The van der Waals surface area contributed by atoms with Crippen LogP contribution >= 0.6 is 0 Å². The number of tetrazole rings is 1. The van der Waals surface area contributed by atoms with Crippen LogP contribution in [-0.4, -0.2) is 49.2 Å². The molecule has 0 fully saturated rings. The van der Waals surface area contributed by atoms with E-state index in [9.17, 15) is 9.90 Å². The minimum Gasteiger partial charge on any atom is -0.396 e. The number of aromatic nitrogens is 4. The van der Waals surface area contributed by atoms with Gasteiger partial charge in [-0.2, -0.15) is 5.21 Å². The Morgan fingerprint density at radius 3 is 2.50 bits per heavy atom. The van der Waals surface area contributed by atoms with E-state index in [2.05, 4.69) is 39.7 Å². The highest BCUT2D eigenvalue weighted by molar-refractivity contribution is 5.80. The maximum atomic E-state index is 12.7. The Bertz CT molecular complexity index is 925. The molecule has 158 valence electrons. The van der Waals surface area contributed by atoms with Gasteiger partial charge in [0, 0.05) is 31.2 Å². The van der Waals surface area contributed by atoms with Gasteiger partial charge in [-0.15, -0.1) is 10.2 Å². The maximum Gasteiger partial charge on any atom is 0.223 e. The predicted octanol–water partition coefficient (Wildman–Crippen LogP) is 3.82. The Labute approximate surface area is 177 Å². The summed E-state index contributed by atoms with van der Waals surface area (Å²) in [5.41, 5.74) is 4.04. The van der Waals surface area contributed by atoms with Crippen molar-refractivity contribution in [2.75, 3.05) is 6.61 Å². The summed E-state index contributed by atoms with van der Waals surface area (Å²) in [5.74, 6) is 0.699. The lowest BCUT2D eigenvalue weighted by molar-refractivity contribution is -0.134. The zero-order valence-corrected chi connectivity index (χ0v) is 17.6. The molecule has 0 aliphatic rings. The normalized spacial score (nSPS) is 12.0. The maximum absolute atomic E-state index is 12.7. The van der Waals surface area contributed by atoms with Crippen LogP contribution in [0.15, 0.2) is 48.5 Å². The number of hydrogen-bond acceptors (Lipinski definition) is 5. The molecule has 1 aromatic heterocycles. The first-order chi connectivity index (χ1) is 14.6. The molecule has 0 aliphatic heterocycles. The van der Waals surface area contributed by atoms with Gasteiger partial charge in [0.05, 0.1) is 0 Å². The largest absolute Gasteiger partial charge is 0.396 e. The number of nitrogens with zero attached hydrogens (tertiary/aromatic N) is 4. The molecule has 0 bridgehead atoms. The highest BCUT2D eigenvalue weighted by Crippen LogP contribution is 2.30. The Balaban J connectivity index is 1.80. The summed E-state index contributed by atoms with van der Waals surface area (Å²) >= 11 is 0. The van der Waals surface area contributed by atoms with Gasteiger partial charge in [0.2, 0.25) is 11.7 Å². The lowest BCUT2D eigenvalue weighted by atomic mass is 9.98. The van der Waals surface area contributed by atoms with E-state index in [0.29, 0.717) is 25.2 Å². The summed E-state index contributed by atoms with van der Waals surface area (Å²) in [7, 11) is 0. The molecule has 1 heterocycles. The van der Waals surface area contributed by atoms with Crippen LogP contribution in [-0.2, 0) is 11.3 Å². The van der Waals surface area contributed by atoms with Crippen molar-refractivity contribution in [1.29, 1.82) is 0 Å². The lowest BCUT2D eigenvalue weighted by Gasteiger charge is -2.29. The number of aromatic amines is 1. The first-order valence-corrected chi connectivity index (χ1v) is 10.5. The summed E-state index contributed by atoms with van der Waals surface area (Å²) in [6, 6.07) is 16.1. The number of unbranched alkanes of at least 4 members (excludes halogenated alkanes) is 1. The zero-order chi connectivity index (χ0) is 21.3. The number of carbonyl (C=O) groups is 1. The SMILES string of the molecule is CCCCC(=O)N(Cc1ccc(-c2ccccc2-c2nn[nH]n2)cc1)C(C)CCO. The van der Waals surface area contributed by atoms with Crippen molar-refractivity contribution in [3.8, 4) is 22.5 Å². The number of hydrogen-bond donors (Lipinski definition) is 2. The van der Waals surface area contributed by atoms with E-state index in [-0.39, 0.29) is 18.6 Å². The van der Waals surface area contributed by atoms with Crippen LogP contribution in [0.4, 0.5) is 0 Å². The van der Waals surface area contributed by atoms with Crippen molar-refractivity contribution in [1.82, 2.24) is 25.5 Å². The smallest absolute Gasteiger partial charge is 0.223 e. The van der Waals surface area contributed by atoms with Crippen LogP contribution in [0.1, 0.15) is 45.1 Å². The number of carbonyl (C=O) groups excluding carboxylic acids is 1. The molecule has 3 rings (SSSR count). The number of amides is 1. The van der Waals surface area contributed by atoms with Gasteiger partial charge < -0.3 is 10.0 Å². The Morgan fingerprint density at radius 2 is 1.87 bits per heavy atom. The molecule has 2 aromatic carbocycles. The third-order valence-corrected chi connectivity index (χ3v) is 5.27. The van der Waals surface area contributed by atoms with Crippen LogP contribution in [0.3, 0.4) is 0 Å². The average Bonchev–Trinajstić information content (AvgIpc) is 3.31. The molecule has 1 amide bonds. The van der Waals surface area contributed by atoms with E-state index in [0.717, 1.165) is 35.1 Å². The number of aliphatic hydroxyl groups is 1. The summed E-state index contributed by atoms with van der Waals surface area (Å²) in [6.45, 7) is 4.69. The Hall–Kier alpha value is -3.06. The molecule has 30 heavy (non-hydrogen) atoms. The van der Waals surface area contributed by atoms with Gasteiger partial charge in [0.25, 0.3) is 0 Å². The van der Waals surface area contributed by atoms with Crippen LogP contribution < -0.4 is 0 Å². The Morgan fingerprint density at radius 1 is 1.13 bits per heavy atom. The first kappa shape index (κ1) is 21.6. The van der Waals surface area contributed by atoms with Crippen LogP contribution in [0, 0.1) is 0 Å². The van der Waals surface area contributed by atoms with Gasteiger partial charge in [0.1, 0.15) is 0 Å². The van der Waals surface area contributed by atoms with Gasteiger partial charge in [-0.3, -0.25) is 4.79 Å². The molecule has 7 nitrogen and oxygen atoms in total. The van der Waals surface area contributed by atoms with Gasteiger partial charge in [-0.05, 0) is 41.7 Å². The molecule has 0 spiro atoms. The number of H-pyrrole nitrogens is 1. The highest BCUT2D eigenvalue weighted by atomic mass is 16.3. The first-order valence-electron chi connectivity index (χ1n) is 10.5. The molecule has 0 radical (unpaired) electrons. The third-order valence-electron chi connectivity index (χ3n) is 5.27. The molecule has 7 heteroatoms. The van der Waals surface area contributed by atoms with Gasteiger partial charge in [-0.1, -0.05) is 61.9 Å². The third kappa shape index (κ3) is 5.30. The summed E-state index contributed by atoms with van der Waals surface area (Å²) in [4.78, 5) is 14.6. The topological polar surface area (TPSA) is 95.0 Å². The van der Waals surface area contributed by atoms with E-state index in [1.165, 1.54) is 0 Å². The number of aliphatic hydroxyl groups excluding tert-OH is 1. The molecule has 1 unspecified atom stereocenters. The molecular weight excluding hydrogens is 378 g/mol. The molecule has 0 aliphatic carbocycles.